The van der Waals surface area contributed by atoms with Crippen molar-refractivity contribution >= 4 is 46.6 Å². The van der Waals surface area contributed by atoms with Crippen molar-refractivity contribution < 1.29 is 55.4 Å². The molecule has 0 saturated carbocycles. The van der Waals surface area contributed by atoms with Crippen molar-refractivity contribution in [2.45, 2.75) is 51.1 Å². The largest absolute Gasteiger partial charge is 0.423 e. The van der Waals surface area contributed by atoms with Crippen LogP contribution < -0.4 is 9.80 Å². The molecule has 50 heavy (non-hydrogen) atoms. The summed E-state index contributed by atoms with van der Waals surface area (Å²) in [4.78, 5) is 77.8. The van der Waals surface area contributed by atoms with Gasteiger partial charge in [0.2, 0.25) is 0 Å². The maximum Gasteiger partial charge on any atom is 0.423 e. The summed E-state index contributed by atoms with van der Waals surface area (Å²) in [6.45, 7) is 5.18. The predicted molar refractivity (Wildman–Crippen MR) is 161 cm³/mol. The van der Waals surface area contributed by atoms with Crippen LogP contribution in [0, 0.1) is 20.2 Å². The van der Waals surface area contributed by atoms with Crippen molar-refractivity contribution in [3.05, 3.63) is 67.8 Å². The number of amides is 6. The van der Waals surface area contributed by atoms with Gasteiger partial charge in [0.25, 0.3) is 23.2 Å². The molecule has 2 aromatic carbocycles. The minimum atomic E-state index is -5.16. The average molecular weight is 718 g/mol. The summed E-state index contributed by atoms with van der Waals surface area (Å²) in [6.07, 6.45) is -10.3. The Morgan fingerprint density at radius 1 is 0.660 bits per heavy atom. The zero-order chi connectivity index (χ0) is 37.9. The Labute approximate surface area is 278 Å². The molecule has 270 valence electrons. The van der Waals surface area contributed by atoms with E-state index >= 15 is 0 Å². The van der Waals surface area contributed by atoms with Crippen LogP contribution in [-0.4, -0.2) is 92.7 Å². The molecule has 15 nitrogen and oxygen atoms in total. The summed E-state index contributed by atoms with van der Waals surface area (Å²) in [5.41, 5.74) is -9.99. The van der Waals surface area contributed by atoms with Crippen LogP contribution in [0.25, 0.3) is 0 Å². The molecular weight excluding hydrogens is 688 g/mol. The van der Waals surface area contributed by atoms with Gasteiger partial charge in [0.05, 0.1) is 21.2 Å². The number of carbonyl (C=O) groups is 4. The Bertz CT molecular complexity index is 1670. The van der Waals surface area contributed by atoms with Crippen molar-refractivity contribution in [3.8, 4) is 0 Å². The molecule has 2 heterocycles. The fourth-order valence-electron chi connectivity index (χ4n) is 5.63. The molecule has 21 heteroatoms. The standard InChI is InChI=1S/C29H29F6N7O8/c1-26(2)22(43)39(16-6-8-20(41(47)48)18(14-16)28(30,31)32)24(45)37(26)12-10-36(5)11-13-38-25(46)40(23(44)27(38,3)4)17-7-9-21(42(49)50)19(15-17)29(33,34)35/h6-9,14-15H,10-13H2,1-5H3. The number of likely N-dealkylation sites (N-methyl/N-ethyl adjacent to an activating group) is 1. The van der Waals surface area contributed by atoms with E-state index in [4.69, 9.17) is 0 Å². The number of alkyl halides is 6. The van der Waals surface area contributed by atoms with E-state index in [1.165, 1.54) is 27.7 Å². The molecular formula is C29H29F6N7O8. The van der Waals surface area contributed by atoms with Crippen LogP contribution in [0.1, 0.15) is 38.8 Å². The van der Waals surface area contributed by atoms with Gasteiger partial charge in [-0.15, -0.1) is 0 Å². The molecule has 0 aliphatic carbocycles. The Kier molecular flexibility index (Phi) is 9.39. The van der Waals surface area contributed by atoms with Gasteiger partial charge >= 0.3 is 24.4 Å². The molecule has 0 radical (unpaired) electrons. The highest BCUT2D eigenvalue weighted by atomic mass is 19.4. The molecule has 0 N–H and O–H groups in total. The molecule has 0 unspecified atom stereocenters. The molecule has 0 atom stereocenters. The zero-order valence-electron chi connectivity index (χ0n) is 27.0. The van der Waals surface area contributed by atoms with Crippen molar-refractivity contribution in [2.75, 3.05) is 43.0 Å². The van der Waals surface area contributed by atoms with Gasteiger partial charge in [-0.3, -0.25) is 29.8 Å². The first kappa shape index (κ1) is 37.5. The van der Waals surface area contributed by atoms with Gasteiger partial charge in [-0.25, -0.2) is 19.4 Å². The first-order chi connectivity index (χ1) is 22.8. The first-order valence-corrected chi connectivity index (χ1v) is 14.6. The van der Waals surface area contributed by atoms with E-state index in [0.29, 0.717) is 34.1 Å². The van der Waals surface area contributed by atoms with Crippen LogP contribution in [0.15, 0.2) is 36.4 Å². The number of nitro benzene ring substituents is 2. The van der Waals surface area contributed by atoms with E-state index < -0.39 is 91.0 Å². The van der Waals surface area contributed by atoms with Crippen molar-refractivity contribution in [1.29, 1.82) is 0 Å². The lowest BCUT2D eigenvalue weighted by atomic mass is 10.0. The monoisotopic (exact) mass is 717 g/mol. The number of anilines is 2. The second kappa shape index (κ2) is 12.5. The Balaban J connectivity index is 1.48. The fraction of sp³-hybridized carbons (Fsp3) is 0.448. The van der Waals surface area contributed by atoms with Crippen LogP contribution in [0.4, 0.5) is 58.7 Å². The van der Waals surface area contributed by atoms with Crippen molar-refractivity contribution in [2.24, 2.45) is 0 Å². The number of halogens is 6. The number of benzene rings is 2. The summed E-state index contributed by atoms with van der Waals surface area (Å²) in [7, 11) is 1.55. The van der Waals surface area contributed by atoms with Gasteiger partial charge in [-0.1, -0.05) is 0 Å². The van der Waals surface area contributed by atoms with Gasteiger partial charge in [0, 0.05) is 38.3 Å². The normalized spacial score (nSPS) is 17.8. The van der Waals surface area contributed by atoms with Gasteiger partial charge in [0.1, 0.15) is 22.2 Å². The minimum absolute atomic E-state index is 0.0295. The third-order valence-electron chi connectivity index (χ3n) is 8.54. The zero-order valence-corrected chi connectivity index (χ0v) is 27.0. The third-order valence-corrected chi connectivity index (χ3v) is 8.54. The third kappa shape index (κ3) is 6.51. The lowest BCUT2D eigenvalue weighted by Gasteiger charge is -2.32. The maximum atomic E-state index is 13.6. The number of carbonyl (C=O) groups excluding carboxylic acids is 4. The van der Waals surface area contributed by atoms with E-state index in [1.807, 2.05) is 0 Å². The highest BCUT2D eigenvalue weighted by molar-refractivity contribution is 6.23. The second-order valence-electron chi connectivity index (χ2n) is 12.5. The number of nitro groups is 2. The van der Waals surface area contributed by atoms with Crippen LogP contribution in [0.3, 0.4) is 0 Å². The summed E-state index contributed by atoms with van der Waals surface area (Å²) >= 11 is 0. The summed E-state index contributed by atoms with van der Waals surface area (Å²) in [6, 6.07) is 1.52. The number of rotatable bonds is 10. The highest BCUT2D eigenvalue weighted by Gasteiger charge is 2.54. The maximum absolute atomic E-state index is 13.6. The van der Waals surface area contributed by atoms with E-state index in [1.54, 1.807) is 11.9 Å². The van der Waals surface area contributed by atoms with Crippen molar-refractivity contribution in [3.63, 3.8) is 0 Å². The Morgan fingerprint density at radius 3 is 1.26 bits per heavy atom. The molecule has 6 amide bonds. The van der Waals surface area contributed by atoms with Crippen LogP contribution in [0.2, 0.25) is 0 Å². The number of urea groups is 2. The molecule has 2 saturated heterocycles. The summed E-state index contributed by atoms with van der Waals surface area (Å²) in [5.74, 6) is -1.79. The molecule has 0 aromatic heterocycles. The van der Waals surface area contributed by atoms with Crippen LogP contribution >= 0.6 is 0 Å². The Morgan fingerprint density at radius 2 is 0.980 bits per heavy atom. The average Bonchev–Trinajstić information content (AvgIpc) is 3.27. The predicted octanol–water partition coefficient (Wildman–Crippen LogP) is 5.27. The molecule has 2 fully saturated rings. The number of hydrogen-bond donors (Lipinski definition) is 0. The summed E-state index contributed by atoms with van der Waals surface area (Å²) < 4.78 is 81.5. The lowest BCUT2D eigenvalue weighted by molar-refractivity contribution is -0.388. The quantitative estimate of drug-likeness (QED) is 0.138. The van der Waals surface area contributed by atoms with Crippen LogP contribution in [-0.2, 0) is 21.9 Å². The van der Waals surface area contributed by atoms with E-state index in [2.05, 4.69) is 0 Å². The SMILES string of the molecule is CN(CCN1C(=O)N(c2ccc([N+](=O)[O-])c(C(F)(F)F)c2)C(=O)C1(C)C)CCN1C(=O)N(c2ccc([N+](=O)[O-])c(C(F)(F)F)c2)C(=O)C1(C)C. The molecule has 0 bridgehead atoms. The topological polar surface area (TPSA) is 171 Å². The minimum Gasteiger partial charge on any atom is -0.308 e. The van der Waals surface area contributed by atoms with E-state index in [-0.39, 0.29) is 26.2 Å². The number of imide groups is 2. The summed E-state index contributed by atoms with van der Waals surface area (Å²) in [5, 5.41) is 22.3. The van der Waals surface area contributed by atoms with Gasteiger partial charge < -0.3 is 14.7 Å². The van der Waals surface area contributed by atoms with Crippen LogP contribution in [0.5, 0.6) is 0 Å². The first-order valence-electron chi connectivity index (χ1n) is 14.6. The highest BCUT2D eigenvalue weighted by Crippen LogP contribution is 2.42. The molecule has 0 spiro atoms. The molecule has 2 aliphatic rings. The molecule has 2 aromatic rings. The van der Waals surface area contributed by atoms with E-state index in [9.17, 15) is 65.7 Å². The Hall–Kier alpha value is -5.34. The van der Waals surface area contributed by atoms with Gasteiger partial charge in [0.15, 0.2) is 0 Å². The van der Waals surface area contributed by atoms with Gasteiger partial charge in [-0.2, -0.15) is 26.3 Å². The smallest absolute Gasteiger partial charge is 0.308 e. The second-order valence-corrected chi connectivity index (χ2v) is 12.5. The van der Waals surface area contributed by atoms with Crippen molar-refractivity contribution in [1.82, 2.24) is 14.7 Å². The fourth-order valence-corrected chi connectivity index (χ4v) is 5.63. The lowest BCUT2D eigenvalue weighted by Crippen LogP contribution is -2.49. The van der Waals surface area contributed by atoms with E-state index in [0.717, 1.165) is 21.9 Å². The molecule has 4 rings (SSSR count). The van der Waals surface area contributed by atoms with Gasteiger partial charge in [-0.05, 0) is 59.0 Å². The number of nitrogens with zero attached hydrogens (tertiary/aromatic N) is 7. The number of hydrogen-bond acceptors (Lipinski definition) is 9. The molecule has 2 aliphatic heterocycles.